The summed E-state index contributed by atoms with van der Waals surface area (Å²) in [5, 5.41) is 14.5. The van der Waals surface area contributed by atoms with Crippen LogP contribution in [0.3, 0.4) is 0 Å². The number of benzene rings is 1. The second kappa shape index (κ2) is 5.93. The average Bonchev–Trinajstić information content (AvgIpc) is 2.87. The third kappa shape index (κ3) is 3.20. The minimum Gasteiger partial charge on any atom is -0.276 e. The lowest BCUT2D eigenvalue weighted by atomic mass is 10.2. The molecule has 0 aliphatic heterocycles. The maximum absolute atomic E-state index is 12.4. The lowest BCUT2D eigenvalue weighted by Gasteiger charge is -2.09. The lowest BCUT2D eigenvalue weighted by molar-refractivity contribution is -0.385. The number of nitro benzene ring substituents is 1. The Morgan fingerprint density at radius 1 is 1.45 bits per heavy atom. The normalized spacial score (nSPS) is 11.4. The third-order valence-corrected chi connectivity index (χ3v) is 4.77. The van der Waals surface area contributed by atoms with Gasteiger partial charge in [0.1, 0.15) is 9.92 Å². The first kappa shape index (κ1) is 16.2. The Morgan fingerprint density at radius 2 is 2.14 bits per heavy atom. The highest BCUT2D eigenvalue weighted by atomic mass is 35.5. The Kier molecular flexibility index (Phi) is 4.38. The predicted octanol–water partition coefficient (Wildman–Crippen LogP) is 2.57. The number of sulfonamides is 1. The van der Waals surface area contributed by atoms with Crippen molar-refractivity contribution in [2.75, 3.05) is 4.72 Å². The van der Waals surface area contributed by atoms with E-state index in [0.717, 1.165) is 0 Å². The molecule has 0 saturated carbocycles. The zero-order valence-corrected chi connectivity index (χ0v) is 13.3. The van der Waals surface area contributed by atoms with Crippen LogP contribution in [0.2, 0.25) is 5.02 Å². The molecule has 0 aliphatic rings. The molecule has 2 rings (SSSR count). The van der Waals surface area contributed by atoms with Gasteiger partial charge in [0.25, 0.3) is 15.7 Å². The van der Waals surface area contributed by atoms with Crippen LogP contribution in [0.25, 0.3) is 0 Å². The molecule has 0 saturated heterocycles. The van der Waals surface area contributed by atoms with E-state index in [0.29, 0.717) is 12.1 Å². The molecule has 0 fully saturated rings. The number of aryl methyl sites for hydroxylation is 2. The van der Waals surface area contributed by atoms with Crippen LogP contribution in [-0.2, 0) is 16.6 Å². The molecule has 10 heteroatoms. The van der Waals surface area contributed by atoms with Crippen LogP contribution < -0.4 is 4.72 Å². The first-order valence-corrected chi connectivity index (χ1v) is 8.10. The molecule has 22 heavy (non-hydrogen) atoms. The number of rotatable bonds is 5. The van der Waals surface area contributed by atoms with Crippen molar-refractivity contribution in [3.05, 3.63) is 45.2 Å². The molecule has 0 amide bonds. The van der Waals surface area contributed by atoms with Gasteiger partial charge in [0, 0.05) is 18.8 Å². The zero-order valence-electron chi connectivity index (χ0n) is 11.8. The molecule has 0 atom stereocenters. The Bertz CT molecular complexity index is 832. The summed E-state index contributed by atoms with van der Waals surface area (Å²) >= 11 is 5.88. The van der Waals surface area contributed by atoms with Gasteiger partial charge in [-0.05, 0) is 25.5 Å². The van der Waals surface area contributed by atoms with Crippen molar-refractivity contribution < 1.29 is 13.3 Å². The summed E-state index contributed by atoms with van der Waals surface area (Å²) in [6, 6.07) is 2.50. The maximum Gasteiger partial charge on any atom is 0.289 e. The fraction of sp³-hybridized carbons (Fsp3) is 0.250. The van der Waals surface area contributed by atoms with Crippen LogP contribution in [0, 0.1) is 17.0 Å². The van der Waals surface area contributed by atoms with Crippen LogP contribution in [0.1, 0.15) is 12.5 Å². The van der Waals surface area contributed by atoms with E-state index in [9.17, 15) is 18.5 Å². The van der Waals surface area contributed by atoms with Crippen LogP contribution >= 0.6 is 11.6 Å². The summed E-state index contributed by atoms with van der Waals surface area (Å²) in [6.07, 6.45) is 2.86. The number of aromatic nitrogens is 2. The number of halogens is 1. The van der Waals surface area contributed by atoms with E-state index >= 15 is 0 Å². The van der Waals surface area contributed by atoms with Gasteiger partial charge >= 0.3 is 0 Å². The molecule has 8 nitrogen and oxygen atoms in total. The Labute approximate surface area is 131 Å². The fourth-order valence-corrected chi connectivity index (χ4v) is 3.53. The monoisotopic (exact) mass is 344 g/mol. The van der Waals surface area contributed by atoms with Gasteiger partial charge in [-0.3, -0.25) is 19.5 Å². The van der Waals surface area contributed by atoms with Gasteiger partial charge in [-0.1, -0.05) is 11.6 Å². The van der Waals surface area contributed by atoms with Gasteiger partial charge in [-0.2, -0.15) is 5.10 Å². The highest BCUT2D eigenvalue weighted by molar-refractivity contribution is 7.92. The molecule has 0 radical (unpaired) electrons. The van der Waals surface area contributed by atoms with Crippen molar-refractivity contribution in [2.45, 2.75) is 25.3 Å². The molecule has 0 spiro atoms. The fourth-order valence-electron chi connectivity index (χ4n) is 1.84. The van der Waals surface area contributed by atoms with Gasteiger partial charge in [0.2, 0.25) is 0 Å². The molecular weight excluding hydrogens is 332 g/mol. The topological polar surface area (TPSA) is 107 Å². The second-order valence-electron chi connectivity index (χ2n) is 4.54. The smallest absolute Gasteiger partial charge is 0.276 e. The van der Waals surface area contributed by atoms with Gasteiger partial charge in [0.15, 0.2) is 0 Å². The van der Waals surface area contributed by atoms with Crippen molar-refractivity contribution in [1.82, 2.24) is 9.78 Å². The molecule has 0 aliphatic carbocycles. The predicted molar refractivity (Wildman–Crippen MR) is 81.6 cm³/mol. The van der Waals surface area contributed by atoms with Crippen molar-refractivity contribution in [2.24, 2.45) is 0 Å². The first-order valence-electron chi connectivity index (χ1n) is 6.24. The van der Waals surface area contributed by atoms with E-state index in [1.165, 1.54) is 29.2 Å². The van der Waals surface area contributed by atoms with Crippen molar-refractivity contribution in [1.29, 1.82) is 0 Å². The molecular formula is C12H13ClN4O4S. The van der Waals surface area contributed by atoms with E-state index in [4.69, 9.17) is 11.6 Å². The maximum atomic E-state index is 12.4. The summed E-state index contributed by atoms with van der Waals surface area (Å²) in [6.45, 7) is 3.99. The van der Waals surface area contributed by atoms with Crippen LogP contribution in [0.15, 0.2) is 29.4 Å². The molecule has 1 aromatic carbocycles. The summed E-state index contributed by atoms with van der Waals surface area (Å²) in [5.74, 6) is 0. The highest BCUT2D eigenvalue weighted by Crippen LogP contribution is 2.33. The molecule has 1 N–H and O–H groups in total. The number of anilines is 1. The standard InChI is InChI=1S/C12H13ClN4O4S/c1-3-16-7-9(6-14-16)15-22(20,21)11-5-8(2)4-10(12(11)13)17(18)19/h4-7,15H,3H2,1-2H3. The van der Waals surface area contributed by atoms with Gasteiger partial charge < -0.3 is 0 Å². The van der Waals surface area contributed by atoms with E-state index in [1.807, 2.05) is 6.92 Å². The number of nitro groups is 1. The minimum atomic E-state index is -4.06. The Balaban J connectivity index is 2.47. The quantitative estimate of drug-likeness (QED) is 0.662. The SMILES string of the molecule is CCn1cc(NS(=O)(=O)c2cc(C)cc([N+](=O)[O-])c2Cl)cn1. The van der Waals surface area contributed by atoms with Crippen LogP contribution in [0.4, 0.5) is 11.4 Å². The number of nitrogens with one attached hydrogen (secondary N) is 1. The molecule has 0 unspecified atom stereocenters. The number of hydrogen-bond donors (Lipinski definition) is 1. The number of hydrogen-bond acceptors (Lipinski definition) is 5. The summed E-state index contributed by atoms with van der Waals surface area (Å²) in [7, 11) is -4.06. The van der Waals surface area contributed by atoms with E-state index in [-0.39, 0.29) is 10.6 Å². The molecule has 118 valence electrons. The lowest BCUT2D eigenvalue weighted by Crippen LogP contribution is -2.14. The van der Waals surface area contributed by atoms with E-state index in [1.54, 1.807) is 6.92 Å². The van der Waals surface area contributed by atoms with Gasteiger partial charge in [-0.25, -0.2) is 8.42 Å². The summed E-state index contributed by atoms with van der Waals surface area (Å²) < 4.78 is 28.6. The van der Waals surface area contributed by atoms with Gasteiger partial charge in [-0.15, -0.1) is 0 Å². The molecule has 0 bridgehead atoms. The zero-order chi connectivity index (χ0) is 16.5. The van der Waals surface area contributed by atoms with Gasteiger partial charge in [0.05, 0.1) is 16.8 Å². The summed E-state index contributed by atoms with van der Waals surface area (Å²) in [5.41, 5.74) is 0.217. The molecule has 2 aromatic rings. The molecule has 1 heterocycles. The number of nitrogens with zero attached hydrogens (tertiary/aromatic N) is 3. The Morgan fingerprint density at radius 3 is 2.68 bits per heavy atom. The third-order valence-electron chi connectivity index (χ3n) is 2.86. The van der Waals surface area contributed by atoms with Crippen molar-refractivity contribution >= 4 is 33.0 Å². The van der Waals surface area contributed by atoms with Crippen molar-refractivity contribution in [3.63, 3.8) is 0 Å². The first-order chi connectivity index (χ1) is 10.2. The minimum absolute atomic E-state index is 0.252. The van der Waals surface area contributed by atoms with Crippen LogP contribution in [-0.4, -0.2) is 23.1 Å². The largest absolute Gasteiger partial charge is 0.289 e. The van der Waals surface area contributed by atoms with E-state index < -0.39 is 25.7 Å². The summed E-state index contributed by atoms with van der Waals surface area (Å²) in [4.78, 5) is 9.88. The van der Waals surface area contributed by atoms with Crippen molar-refractivity contribution in [3.8, 4) is 0 Å². The van der Waals surface area contributed by atoms with Crippen LogP contribution in [0.5, 0.6) is 0 Å². The Hall–Kier alpha value is -2.13. The second-order valence-corrected chi connectivity index (χ2v) is 6.57. The highest BCUT2D eigenvalue weighted by Gasteiger charge is 2.26. The van der Waals surface area contributed by atoms with E-state index in [2.05, 4.69) is 9.82 Å². The molecule has 1 aromatic heterocycles. The average molecular weight is 345 g/mol.